The highest BCUT2D eigenvalue weighted by molar-refractivity contribution is 9.10. The van der Waals surface area contributed by atoms with E-state index < -0.39 is 46.5 Å². The SMILES string of the molecule is CC(=O)c1cc(Br)cc(F)c1NC(=O)OC(C)(C)C.CC(C)(C)OC(=O)n1c(C#N)ccc1-c1cc(F)c2c(c1)C(C)(c1cccs1)OCC(=O)N2. The Balaban J connectivity index is 0.000000272. The van der Waals surface area contributed by atoms with E-state index in [0.29, 0.717) is 15.6 Å². The molecule has 11 nitrogen and oxygen atoms in total. The Labute approximate surface area is 312 Å². The Morgan fingerprint density at radius 1 is 1.04 bits per heavy atom. The number of carbonyl (C=O) groups is 4. The number of ketones is 1. The Morgan fingerprint density at radius 3 is 2.29 bits per heavy atom. The van der Waals surface area contributed by atoms with Crippen LogP contribution in [0, 0.1) is 23.0 Å². The maximum Gasteiger partial charge on any atom is 0.420 e. The molecule has 1 aliphatic heterocycles. The summed E-state index contributed by atoms with van der Waals surface area (Å²) >= 11 is 4.52. The van der Waals surface area contributed by atoms with Gasteiger partial charge < -0.3 is 19.5 Å². The van der Waals surface area contributed by atoms with E-state index in [0.717, 1.165) is 9.44 Å². The number of benzene rings is 2. The van der Waals surface area contributed by atoms with Crippen molar-refractivity contribution < 1.29 is 42.2 Å². The van der Waals surface area contributed by atoms with Crippen LogP contribution in [0.5, 0.6) is 0 Å². The van der Waals surface area contributed by atoms with Crippen LogP contribution in [0.3, 0.4) is 0 Å². The summed E-state index contributed by atoms with van der Waals surface area (Å²) in [6, 6.07) is 14.2. The average molecular weight is 800 g/mol. The third-order valence-corrected chi connectivity index (χ3v) is 8.81. The monoisotopic (exact) mass is 798 g/mol. The van der Waals surface area contributed by atoms with Crippen molar-refractivity contribution in [3.63, 3.8) is 0 Å². The molecule has 2 amide bonds. The zero-order valence-corrected chi connectivity index (χ0v) is 32.1. The number of nitriles is 1. The molecule has 0 bridgehead atoms. The Kier molecular flexibility index (Phi) is 11.8. The largest absolute Gasteiger partial charge is 0.444 e. The van der Waals surface area contributed by atoms with Crippen LogP contribution >= 0.6 is 27.3 Å². The fourth-order valence-corrected chi connectivity index (χ4v) is 6.40. The molecule has 1 aliphatic rings. The summed E-state index contributed by atoms with van der Waals surface area (Å²) in [5.74, 6) is -2.21. The molecule has 2 aromatic carbocycles. The molecule has 5 rings (SSSR count). The molecule has 4 aromatic rings. The van der Waals surface area contributed by atoms with Crippen LogP contribution in [0.4, 0.5) is 29.7 Å². The second-order valence-electron chi connectivity index (χ2n) is 13.8. The molecular formula is C37H37BrF2N4O7S. The van der Waals surface area contributed by atoms with Crippen LogP contribution in [-0.2, 0) is 24.6 Å². The van der Waals surface area contributed by atoms with E-state index in [1.165, 1.54) is 42.5 Å². The molecular weight excluding hydrogens is 762 g/mol. The van der Waals surface area contributed by atoms with Crippen LogP contribution in [0.25, 0.3) is 11.3 Å². The first-order valence-electron chi connectivity index (χ1n) is 15.8. The van der Waals surface area contributed by atoms with Gasteiger partial charge in [-0.15, -0.1) is 11.3 Å². The number of Topliss-reactive ketones (excluding diaryl/α,β-unsaturated/α-hetero) is 1. The van der Waals surface area contributed by atoms with E-state index in [1.807, 2.05) is 23.6 Å². The fourth-order valence-electron chi connectivity index (χ4n) is 5.11. The first-order chi connectivity index (χ1) is 24.1. The van der Waals surface area contributed by atoms with Crippen molar-refractivity contribution in [1.82, 2.24) is 4.57 Å². The van der Waals surface area contributed by atoms with E-state index in [9.17, 15) is 28.8 Å². The van der Waals surface area contributed by atoms with Gasteiger partial charge in [0, 0.05) is 26.0 Å². The van der Waals surface area contributed by atoms with Crippen molar-refractivity contribution in [2.45, 2.75) is 72.2 Å². The highest BCUT2D eigenvalue weighted by Crippen LogP contribution is 2.44. The van der Waals surface area contributed by atoms with Crippen molar-refractivity contribution in [3.05, 3.63) is 91.7 Å². The van der Waals surface area contributed by atoms with Gasteiger partial charge in [0.25, 0.3) is 5.91 Å². The zero-order valence-electron chi connectivity index (χ0n) is 29.7. The first kappa shape index (κ1) is 39.9. The summed E-state index contributed by atoms with van der Waals surface area (Å²) in [5, 5.41) is 16.3. The van der Waals surface area contributed by atoms with Gasteiger partial charge in [-0.1, -0.05) is 22.0 Å². The second kappa shape index (κ2) is 15.4. The van der Waals surface area contributed by atoms with Gasteiger partial charge in [-0.3, -0.25) is 14.9 Å². The number of anilines is 2. The molecule has 0 fully saturated rings. The number of carbonyl (C=O) groups excluding carboxylic acids is 4. The second-order valence-corrected chi connectivity index (χ2v) is 15.6. The molecule has 0 radical (unpaired) electrons. The van der Waals surface area contributed by atoms with Gasteiger partial charge in [0.15, 0.2) is 5.78 Å². The Morgan fingerprint density at radius 2 is 1.71 bits per heavy atom. The molecule has 52 heavy (non-hydrogen) atoms. The lowest BCUT2D eigenvalue weighted by Gasteiger charge is -2.29. The van der Waals surface area contributed by atoms with Gasteiger partial charge in [-0.2, -0.15) is 5.26 Å². The molecule has 15 heteroatoms. The average Bonchev–Trinajstić information content (AvgIpc) is 3.69. The highest BCUT2D eigenvalue weighted by Gasteiger charge is 2.39. The van der Waals surface area contributed by atoms with Crippen LogP contribution in [0.15, 0.2) is 58.4 Å². The van der Waals surface area contributed by atoms with E-state index in [4.69, 9.17) is 14.2 Å². The quantitative estimate of drug-likeness (QED) is 0.194. The highest BCUT2D eigenvalue weighted by atomic mass is 79.9. The lowest BCUT2D eigenvalue weighted by Crippen LogP contribution is -2.28. The van der Waals surface area contributed by atoms with Gasteiger partial charge in [-0.05, 0) is 103 Å². The number of ether oxygens (including phenoxy) is 3. The molecule has 3 heterocycles. The molecule has 0 spiro atoms. The molecule has 1 atom stereocenters. The third kappa shape index (κ3) is 9.30. The molecule has 0 saturated heterocycles. The predicted octanol–water partition coefficient (Wildman–Crippen LogP) is 9.38. The van der Waals surface area contributed by atoms with Crippen LogP contribution in [0.1, 0.15) is 81.9 Å². The van der Waals surface area contributed by atoms with Crippen molar-refractivity contribution in [2.24, 2.45) is 0 Å². The molecule has 274 valence electrons. The molecule has 1 unspecified atom stereocenters. The normalized spacial score (nSPS) is 15.5. The number of aromatic nitrogens is 1. The fraction of sp³-hybridized carbons (Fsp3) is 0.324. The van der Waals surface area contributed by atoms with Crippen molar-refractivity contribution in [1.29, 1.82) is 5.26 Å². The summed E-state index contributed by atoms with van der Waals surface area (Å²) < 4.78 is 47.2. The van der Waals surface area contributed by atoms with Crippen molar-refractivity contribution in [2.75, 3.05) is 17.2 Å². The smallest absolute Gasteiger partial charge is 0.420 e. The lowest BCUT2D eigenvalue weighted by molar-refractivity contribution is -0.124. The van der Waals surface area contributed by atoms with Gasteiger partial charge >= 0.3 is 12.2 Å². The van der Waals surface area contributed by atoms with Crippen molar-refractivity contribution in [3.8, 4) is 17.3 Å². The molecule has 0 saturated carbocycles. The van der Waals surface area contributed by atoms with E-state index in [-0.39, 0.29) is 40.7 Å². The molecule has 2 N–H and O–H groups in total. The number of halogens is 3. The van der Waals surface area contributed by atoms with E-state index in [1.54, 1.807) is 60.6 Å². The predicted molar refractivity (Wildman–Crippen MR) is 195 cm³/mol. The number of thiophene rings is 1. The van der Waals surface area contributed by atoms with Crippen LogP contribution in [-0.4, -0.2) is 46.3 Å². The van der Waals surface area contributed by atoms with Crippen LogP contribution in [0.2, 0.25) is 0 Å². The minimum Gasteiger partial charge on any atom is -0.444 e. The summed E-state index contributed by atoms with van der Waals surface area (Å²) in [6.07, 6.45) is -1.56. The number of nitrogens with one attached hydrogen (secondary N) is 2. The lowest BCUT2D eigenvalue weighted by atomic mass is 9.90. The number of rotatable bonds is 4. The summed E-state index contributed by atoms with van der Waals surface area (Å²) in [5.41, 5.74) is -1.60. The van der Waals surface area contributed by atoms with E-state index >= 15 is 4.39 Å². The number of nitrogens with zero attached hydrogens (tertiary/aromatic N) is 2. The summed E-state index contributed by atoms with van der Waals surface area (Å²) in [7, 11) is 0. The van der Waals surface area contributed by atoms with E-state index in [2.05, 4.69) is 26.6 Å². The van der Waals surface area contributed by atoms with Gasteiger partial charge in [0.05, 0.1) is 17.1 Å². The maximum absolute atomic E-state index is 15.4. The Hall–Kier alpha value is -4.91. The summed E-state index contributed by atoms with van der Waals surface area (Å²) in [4.78, 5) is 49.0. The van der Waals surface area contributed by atoms with Crippen molar-refractivity contribution >= 4 is 62.5 Å². The van der Waals surface area contributed by atoms with Gasteiger partial charge in [0.2, 0.25) is 0 Å². The van der Waals surface area contributed by atoms with Gasteiger partial charge in [-0.25, -0.2) is 22.9 Å². The topological polar surface area (TPSA) is 149 Å². The van der Waals surface area contributed by atoms with Gasteiger partial charge in [0.1, 0.15) is 46.8 Å². The standard InChI is InChI=1S/C24H22FN3O4S.C13H15BrFNO3/c1-23(2,3)32-22(30)28-15(12-26)7-8-18(28)14-10-16-21(17(25)11-14)27-20(29)13-31-24(16,4)19-6-5-9-33-19;1-7(17)9-5-8(14)6-10(15)11(9)16-12(18)19-13(2,3)4/h5-11H,13H2,1-4H3,(H,27,29);5-6H,1-4H3,(H,16,18). The number of hydrogen-bond donors (Lipinski definition) is 2. The number of hydrogen-bond acceptors (Lipinski definition) is 9. The maximum atomic E-state index is 15.4. The molecule has 0 aliphatic carbocycles. The minimum absolute atomic E-state index is 0.0213. The first-order valence-corrected chi connectivity index (χ1v) is 17.5. The Bertz CT molecular complexity index is 2080. The minimum atomic E-state index is -1.11. The zero-order chi connectivity index (χ0) is 38.8. The summed E-state index contributed by atoms with van der Waals surface area (Å²) in [6.45, 7) is 13.0. The molecule has 2 aromatic heterocycles. The van der Waals surface area contributed by atoms with Crippen LogP contribution < -0.4 is 10.6 Å². The third-order valence-electron chi connectivity index (χ3n) is 7.28. The number of fused-ring (bicyclic) bond motifs is 1. The number of amides is 2.